The molecule has 19 heavy (non-hydrogen) atoms. The lowest BCUT2D eigenvalue weighted by atomic mass is 10.2. The molecule has 0 saturated heterocycles. The third-order valence-corrected chi connectivity index (χ3v) is 2.58. The van der Waals surface area contributed by atoms with Gasteiger partial charge in [-0.25, -0.2) is 9.37 Å². The molecule has 0 spiro atoms. The Bertz CT molecular complexity index is 647. The summed E-state index contributed by atoms with van der Waals surface area (Å²) >= 11 is 4.85. The number of ether oxygens (including phenoxy) is 1. The fourth-order valence-corrected chi connectivity index (χ4v) is 1.63. The Labute approximate surface area is 114 Å². The van der Waals surface area contributed by atoms with Gasteiger partial charge in [0.1, 0.15) is 4.99 Å². The second-order valence-corrected chi connectivity index (χ2v) is 4.29. The quantitative estimate of drug-likeness (QED) is 0.878. The molecule has 6 heteroatoms. The first-order valence-corrected chi connectivity index (χ1v) is 5.78. The molecule has 0 saturated carbocycles. The van der Waals surface area contributed by atoms with E-state index in [1.54, 1.807) is 13.0 Å². The summed E-state index contributed by atoms with van der Waals surface area (Å²) in [5, 5.41) is 0. The molecule has 0 unspecified atom stereocenters. The Morgan fingerprint density at radius 3 is 2.74 bits per heavy atom. The summed E-state index contributed by atoms with van der Waals surface area (Å²) in [5.74, 6) is -2.19. The van der Waals surface area contributed by atoms with Crippen molar-refractivity contribution in [3.05, 3.63) is 53.2 Å². The van der Waals surface area contributed by atoms with Gasteiger partial charge in [-0.1, -0.05) is 18.3 Å². The molecule has 98 valence electrons. The predicted octanol–water partition coefficient (Wildman–Crippen LogP) is 3.09. The third kappa shape index (κ3) is 3.03. The maximum absolute atomic E-state index is 13.5. The van der Waals surface area contributed by atoms with Gasteiger partial charge in [0.15, 0.2) is 11.6 Å². The smallest absolute Gasteiger partial charge is 0.220 e. The van der Waals surface area contributed by atoms with Crippen LogP contribution in [-0.4, -0.2) is 9.97 Å². The number of nitrogens with two attached hydrogens (primary N) is 1. The van der Waals surface area contributed by atoms with Gasteiger partial charge in [-0.15, -0.1) is 0 Å². The first-order valence-electron chi connectivity index (χ1n) is 5.37. The fraction of sp³-hybridized carbons (Fsp3) is 0.0769. The van der Waals surface area contributed by atoms with Gasteiger partial charge in [0, 0.05) is 17.3 Å². The number of pyridine rings is 1. The zero-order valence-corrected chi connectivity index (χ0v) is 10.8. The predicted molar refractivity (Wildman–Crippen MR) is 71.3 cm³/mol. The Morgan fingerprint density at radius 2 is 2.05 bits per heavy atom. The summed E-state index contributed by atoms with van der Waals surface area (Å²) < 4.78 is 31.7. The van der Waals surface area contributed by atoms with Gasteiger partial charge in [0.2, 0.25) is 11.7 Å². The van der Waals surface area contributed by atoms with Crippen molar-refractivity contribution in [2.75, 3.05) is 0 Å². The molecule has 0 aliphatic rings. The van der Waals surface area contributed by atoms with E-state index in [0.29, 0.717) is 11.3 Å². The largest absolute Gasteiger partial charge is 0.436 e. The van der Waals surface area contributed by atoms with E-state index in [2.05, 4.69) is 4.98 Å². The number of aryl methyl sites for hydroxylation is 1. The molecule has 2 aromatic rings. The molecule has 0 radical (unpaired) electrons. The van der Waals surface area contributed by atoms with Crippen LogP contribution in [0.1, 0.15) is 11.3 Å². The molecule has 3 nitrogen and oxygen atoms in total. The van der Waals surface area contributed by atoms with Crippen LogP contribution in [0.5, 0.6) is 11.6 Å². The van der Waals surface area contributed by atoms with Gasteiger partial charge < -0.3 is 10.5 Å². The molecule has 0 bridgehead atoms. The van der Waals surface area contributed by atoms with Crippen LogP contribution in [0.15, 0.2) is 30.3 Å². The Balaban J connectivity index is 2.38. The van der Waals surface area contributed by atoms with Crippen molar-refractivity contribution < 1.29 is 13.5 Å². The molecule has 0 aliphatic carbocycles. The van der Waals surface area contributed by atoms with E-state index in [-0.39, 0.29) is 16.6 Å². The Morgan fingerprint density at radius 1 is 1.32 bits per heavy atom. The molecule has 0 amide bonds. The van der Waals surface area contributed by atoms with E-state index in [1.807, 2.05) is 0 Å². The molecular weight excluding hydrogens is 270 g/mol. The zero-order chi connectivity index (χ0) is 14.0. The molecule has 0 atom stereocenters. The van der Waals surface area contributed by atoms with Crippen LogP contribution >= 0.6 is 12.2 Å². The summed E-state index contributed by atoms with van der Waals surface area (Å²) in [6.07, 6.45) is 0. The van der Waals surface area contributed by atoms with Crippen LogP contribution < -0.4 is 10.5 Å². The molecule has 0 fully saturated rings. The molecule has 1 heterocycles. The molecule has 2 N–H and O–H groups in total. The van der Waals surface area contributed by atoms with E-state index < -0.39 is 11.6 Å². The summed E-state index contributed by atoms with van der Waals surface area (Å²) in [5.41, 5.74) is 6.67. The van der Waals surface area contributed by atoms with Crippen molar-refractivity contribution in [2.45, 2.75) is 6.92 Å². The number of thiocarbonyl (C=S) groups is 1. The highest BCUT2D eigenvalue weighted by Crippen LogP contribution is 2.25. The maximum atomic E-state index is 13.5. The van der Waals surface area contributed by atoms with Gasteiger partial charge in [0.25, 0.3) is 0 Å². The van der Waals surface area contributed by atoms with Gasteiger partial charge in [-0.2, -0.15) is 4.39 Å². The number of hydrogen-bond donors (Lipinski definition) is 1. The lowest BCUT2D eigenvalue weighted by molar-refractivity contribution is 0.405. The van der Waals surface area contributed by atoms with Crippen molar-refractivity contribution in [1.29, 1.82) is 0 Å². The van der Waals surface area contributed by atoms with Crippen LogP contribution in [0.3, 0.4) is 0 Å². The van der Waals surface area contributed by atoms with E-state index in [4.69, 9.17) is 22.7 Å². The van der Waals surface area contributed by atoms with E-state index in [9.17, 15) is 8.78 Å². The minimum atomic E-state index is -1.07. The Hall–Kier alpha value is -2.08. The van der Waals surface area contributed by atoms with Crippen molar-refractivity contribution in [1.82, 2.24) is 4.98 Å². The van der Waals surface area contributed by atoms with Gasteiger partial charge in [0.05, 0.1) is 0 Å². The minimum Gasteiger partial charge on any atom is -0.436 e. The first kappa shape index (κ1) is 13.4. The maximum Gasteiger partial charge on any atom is 0.220 e. The van der Waals surface area contributed by atoms with Crippen molar-refractivity contribution in [2.24, 2.45) is 5.73 Å². The van der Waals surface area contributed by atoms with Crippen molar-refractivity contribution in [3.8, 4) is 11.6 Å². The summed E-state index contributed by atoms with van der Waals surface area (Å²) in [6.45, 7) is 1.72. The molecular formula is C13H10F2N2OS. The van der Waals surface area contributed by atoms with Crippen molar-refractivity contribution in [3.63, 3.8) is 0 Å². The third-order valence-electron chi connectivity index (χ3n) is 2.35. The van der Waals surface area contributed by atoms with Crippen LogP contribution in [0, 0.1) is 18.6 Å². The number of benzene rings is 1. The molecule has 2 rings (SSSR count). The number of nitrogens with zero attached hydrogens (tertiary/aromatic N) is 1. The number of halogens is 2. The molecule has 0 aliphatic heterocycles. The van der Waals surface area contributed by atoms with Crippen LogP contribution in [0.25, 0.3) is 0 Å². The first-order chi connectivity index (χ1) is 8.97. The van der Waals surface area contributed by atoms with Crippen LogP contribution in [0.2, 0.25) is 0 Å². The second kappa shape index (κ2) is 5.27. The second-order valence-electron chi connectivity index (χ2n) is 3.85. The van der Waals surface area contributed by atoms with Crippen LogP contribution in [-0.2, 0) is 0 Å². The average Bonchev–Trinajstić information content (AvgIpc) is 2.34. The monoisotopic (exact) mass is 280 g/mol. The highest BCUT2D eigenvalue weighted by Gasteiger charge is 2.11. The van der Waals surface area contributed by atoms with E-state index in [0.717, 1.165) is 6.07 Å². The van der Waals surface area contributed by atoms with E-state index >= 15 is 0 Å². The Kier molecular flexibility index (Phi) is 3.71. The van der Waals surface area contributed by atoms with Crippen molar-refractivity contribution >= 4 is 17.2 Å². The molecule has 1 aromatic carbocycles. The summed E-state index contributed by atoms with van der Waals surface area (Å²) in [7, 11) is 0. The zero-order valence-electron chi connectivity index (χ0n) is 9.98. The number of rotatable bonds is 3. The summed E-state index contributed by atoms with van der Waals surface area (Å²) in [4.78, 5) is 4.23. The lowest BCUT2D eigenvalue weighted by Gasteiger charge is -2.08. The number of hydrogen-bond acceptors (Lipinski definition) is 3. The highest BCUT2D eigenvalue weighted by molar-refractivity contribution is 7.80. The lowest BCUT2D eigenvalue weighted by Crippen LogP contribution is -2.10. The SMILES string of the molecule is Cc1cc(C(N)=S)cc(Oc2cccc(F)c2F)n1. The van der Waals surface area contributed by atoms with Gasteiger partial charge in [-0.05, 0) is 25.1 Å². The topological polar surface area (TPSA) is 48.1 Å². The highest BCUT2D eigenvalue weighted by atomic mass is 32.1. The van der Waals surface area contributed by atoms with Gasteiger partial charge in [-0.3, -0.25) is 0 Å². The standard InChI is InChI=1S/C13H10F2N2OS/c1-7-5-8(13(16)19)6-11(17-7)18-10-4-2-3-9(14)12(10)15/h2-6H,1H3,(H2,16,19). The minimum absolute atomic E-state index is 0.104. The molecule has 1 aromatic heterocycles. The number of aromatic nitrogens is 1. The fourth-order valence-electron chi connectivity index (χ4n) is 1.51. The van der Waals surface area contributed by atoms with Crippen LogP contribution in [0.4, 0.5) is 8.78 Å². The van der Waals surface area contributed by atoms with E-state index in [1.165, 1.54) is 18.2 Å². The normalized spacial score (nSPS) is 10.3. The average molecular weight is 280 g/mol. The summed E-state index contributed by atoms with van der Waals surface area (Å²) in [6, 6.07) is 6.81. The van der Waals surface area contributed by atoms with Gasteiger partial charge >= 0.3 is 0 Å².